The molecule has 0 saturated carbocycles. The summed E-state index contributed by atoms with van der Waals surface area (Å²) in [6, 6.07) is 3.91. The van der Waals surface area contributed by atoms with Crippen LogP contribution >= 0.6 is 0 Å². The van der Waals surface area contributed by atoms with Crippen LogP contribution in [0.15, 0.2) is 18.3 Å². The molecule has 0 radical (unpaired) electrons. The molecule has 6 nitrogen and oxygen atoms in total. The van der Waals surface area contributed by atoms with Crippen molar-refractivity contribution in [3.8, 4) is 0 Å². The first-order chi connectivity index (χ1) is 10.7. The zero-order chi connectivity index (χ0) is 15.5. The highest BCUT2D eigenvalue weighted by Crippen LogP contribution is 2.19. The Balaban J connectivity index is 1.78. The number of carbonyl (C=O) groups excluding carboxylic acids is 1. The second kappa shape index (κ2) is 6.46. The molecule has 22 heavy (non-hydrogen) atoms. The van der Waals surface area contributed by atoms with Gasteiger partial charge in [0, 0.05) is 56.4 Å². The minimum atomic E-state index is -0.0626. The molecule has 6 heteroatoms. The molecule has 0 aliphatic carbocycles. The molecule has 0 spiro atoms. The lowest BCUT2D eigenvalue weighted by Gasteiger charge is -2.26. The number of fused-ring (bicyclic) bond motifs is 1. The predicted octanol–water partition coefficient (Wildman–Crippen LogP) is 0.940. The molecule has 2 heterocycles. The molecule has 0 unspecified atom stereocenters. The number of rotatable bonds is 6. The summed E-state index contributed by atoms with van der Waals surface area (Å²) in [7, 11) is 1.62. The van der Waals surface area contributed by atoms with Gasteiger partial charge in [0.2, 0.25) is 0 Å². The zero-order valence-electron chi connectivity index (χ0n) is 13.1. The number of nitrogens with zero attached hydrogens (tertiary/aromatic N) is 2. The molecule has 1 aliphatic rings. The largest absolute Gasteiger partial charge is 0.383 e. The normalized spacial score (nSPS) is 15.0. The third kappa shape index (κ3) is 3.13. The van der Waals surface area contributed by atoms with Crippen molar-refractivity contribution in [2.24, 2.45) is 5.92 Å². The maximum Gasteiger partial charge on any atom is 0.251 e. The van der Waals surface area contributed by atoms with Crippen LogP contribution in [-0.4, -0.2) is 49.0 Å². The summed E-state index contributed by atoms with van der Waals surface area (Å²) in [6.45, 7) is 6.02. The van der Waals surface area contributed by atoms with Gasteiger partial charge in [0.1, 0.15) is 0 Å². The number of aromatic nitrogens is 2. The van der Waals surface area contributed by atoms with E-state index in [1.54, 1.807) is 7.11 Å². The summed E-state index contributed by atoms with van der Waals surface area (Å²) in [5.41, 5.74) is 2.59. The number of amides is 1. The maximum atomic E-state index is 12.2. The van der Waals surface area contributed by atoms with Crippen LogP contribution in [0.4, 0.5) is 0 Å². The van der Waals surface area contributed by atoms with Gasteiger partial charge in [-0.2, -0.15) is 5.10 Å². The molecule has 1 aromatic heterocycles. The van der Waals surface area contributed by atoms with E-state index in [2.05, 4.69) is 15.7 Å². The third-order valence-electron chi connectivity index (χ3n) is 4.05. The summed E-state index contributed by atoms with van der Waals surface area (Å²) in [6.07, 6.45) is 2.03. The lowest BCUT2D eigenvalue weighted by atomic mass is 10.0. The number of nitrogens with one attached hydrogen (secondary N) is 2. The standard InChI is InChI=1S/C16H22N4O2/c1-11-5-15-13(6-14(11)16(21)18-3-4-22-2)10-20(19-15)9-12-7-17-8-12/h5-6,10,12,17H,3-4,7-9H2,1-2H3,(H,18,21). The van der Waals surface area contributed by atoms with Gasteiger partial charge in [0.15, 0.2) is 0 Å². The highest BCUT2D eigenvalue weighted by atomic mass is 16.5. The SMILES string of the molecule is COCCNC(=O)c1cc2cn(CC3CNC3)nc2cc1C. The summed E-state index contributed by atoms with van der Waals surface area (Å²) in [5, 5.41) is 11.7. The Morgan fingerprint density at radius 1 is 1.50 bits per heavy atom. The lowest BCUT2D eigenvalue weighted by Crippen LogP contribution is -2.44. The van der Waals surface area contributed by atoms with Crippen LogP contribution in [-0.2, 0) is 11.3 Å². The molecular weight excluding hydrogens is 280 g/mol. The summed E-state index contributed by atoms with van der Waals surface area (Å²) in [4.78, 5) is 12.2. The van der Waals surface area contributed by atoms with Crippen LogP contribution in [0.1, 0.15) is 15.9 Å². The van der Waals surface area contributed by atoms with Crippen LogP contribution < -0.4 is 10.6 Å². The van der Waals surface area contributed by atoms with Crippen molar-refractivity contribution >= 4 is 16.8 Å². The van der Waals surface area contributed by atoms with E-state index >= 15 is 0 Å². The van der Waals surface area contributed by atoms with Crippen molar-refractivity contribution in [3.63, 3.8) is 0 Å². The molecule has 1 fully saturated rings. The molecule has 2 aromatic rings. The summed E-state index contributed by atoms with van der Waals surface area (Å²) >= 11 is 0. The molecular formula is C16H22N4O2. The van der Waals surface area contributed by atoms with E-state index < -0.39 is 0 Å². The van der Waals surface area contributed by atoms with Crippen molar-refractivity contribution < 1.29 is 9.53 Å². The van der Waals surface area contributed by atoms with E-state index in [0.717, 1.165) is 36.1 Å². The van der Waals surface area contributed by atoms with E-state index in [1.165, 1.54) is 0 Å². The van der Waals surface area contributed by atoms with Gasteiger partial charge < -0.3 is 15.4 Å². The Morgan fingerprint density at radius 3 is 3.00 bits per heavy atom. The third-order valence-corrected chi connectivity index (χ3v) is 4.05. The predicted molar refractivity (Wildman–Crippen MR) is 85.0 cm³/mol. The van der Waals surface area contributed by atoms with Gasteiger partial charge in [-0.1, -0.05) is 0 Å². The van der Waals surface area contributed by atoms with E-state index in [4.69, 9.17) is 4.74 Å². The fraction of sp³-hybridized carbons (Fsp3) is 0.500. The second-order valence-electron chi connectivity index (χ2n) is 5.85. The number of hydrogen-bond donors (Lipinski definition) is 2. The van der Waals surface area contributed by atoms with Crippen LogP contribution in [0, 0.1) is 12.8 Å². The first-order valence-corrected chi connectivity index (χ1v) is 7.63. The summed E-state index contributed by atoms with van der Waals surface area (Å²) < 4.78 is 6.94. The Bertz CT molecular complexity index is 676. The summed E-state index contributed by atoms with van der Waals surface area (Å²) in [5.74, 6) is 0.597. The molecule has 1 saturated heterocycles. The average molecular weight is 302 g/mol. The topological polar surface area (TPSA) is 68.2 Å². The number of hydrogen-bond acceptors (Lipinski definition) is 4. The molecule has 0 atom stereocenters. The quantitative estimate of drug-likeness (QED) is 0.779. The minimum Gasteiger partial charge on any atom is -0.383 e. The van der Waals surface area contributed by atoms with Crippen LogP contribution in [0.3, 0.4) is 0 Å². The van der Waals surface area contributed by atoms with Gasteiger partial charge in [0.25, 0.3) is 5.91 Å². The molecule has 1 aliphatic heterocycles. The average Bonchev–Trinajstić information content (AvgIpc) is 2.83. The van der Waals surface area contributed by atoms with Crippen LogP contribution in [0.5, 0.6) is 0 Å². The van der Waals surface area contributed by atoms with Crippen molar-refractivity contribution in [1.82, 2.24) is 20.4 Å². The van der Waals surface area contributed by atoms with Crippen molar-refractivity contribution in [1.29, 1.82) is 0 Å². The number of benzene rings is 1. The molecule has 3 rings (SSSR count). The number of carbonyl (C=O) groups is 1. The van der Waals surface area contributed by atoms with Gasteiger partial charge in [-0.3, -0.25) is 9.48 Å². The highest BCUT2D eigenvalue weighted by Gasteiger charge is 2.18. The highest BCUT2D eigenvalue weighted by molar-refractivity contribution is 5.99. The Hall–Kier alpha value is -1.92. The van der Waals surface area contributed by atoms with E-state index in [-0.39, 0.29) is 5.91 Å². The van der Waals surface area contributed by atoms with E-state index in [0.29, 0.717) is 24.6 Å². The van der Waals surface area contributed by atoms with E-state index in [9.17, 15) is 4.79 Å². The van der Waals surface area contributed by atoms with Crippen LogP contribution in [0.2, 0.25) is 0 Å². The number of ether oxygens (including phenoxy) is 1. The molecule has 2 N–H and O–H groups in total. The van der Waals surface area contributed by atoms with Gasteiger partial charge in [0.05, 0.1) is 12.1 Å². The molecule has 118 valence electrons. The van der Waals surface area contributed by atoms with Gasteiger partial charge in [-0.25, -0.2) is 0 Å². The minimum absolute atomic E-state index is 0.0626. The van der Waals surface area contributed by atoms with Gasteiger partial charge in [-0.05, 0) is 24.6 Å². The smallest absolute Gasteiger partial charge is 0.251 e. The van der Waals surface area contributed by atoms with Gasteiger partial charge >= 0.3 is 0 Å². The first-order valence-electron chi connectivity index (χ1n) is 7.63. The Morgan fingerprint density at radius 2 is 2.32 bits per heavy atom. The molecule has 0 bridgehead atoms. The van der Waals surface area contributed by atoms with Gasteiger partial charge in [-0.15, -0.1) is 0 Å². The first kappa shape index (κ1) is 15.0. The number of methoxy groups -OCH3 is 1. The van der Waals surface area contributed by atoms with Crippen molar-refractivity contribution in [2.75, 3.05) is 33.4 Å². The molecule has 1 aromatic carbocycles. The van der Waals surface area contributed by atoms with Crippen molar-refractivity contribution in [2.45, 2.75) is 13.5 Å². The fourth-order valence-corrected chi connectivity index (χ4v) is 2.67. The molecule has 1 amide bonds. The lowest BCUT2D eigenvalue weighted by molar-refractivity contribution is 0.0936. The Labute approximate surface area is 129 Å². The Kier molecular flexibility index (Phi) is 4.40. The number of aryl methyl sites for hydroxylation is 1. The van der Waals surface area contributed by atoms with Crippen LogP contribution in [0.25, 0.3) is 10.9 Å². The fourth-order valence-electron chi connectivity index (χ4n) is 2.67. The zero-order valence-corrected chi connectivity index (χ0v) is 13.1. The maximum absolute atomic E-state index is 12.2. The van der Waals surface area contributed by atoms with Crippen molar-refractivity contribution in [3.05, 3.63) is 29.5 Å². The second-order valence-corrected chi connectivity index (χ2v) is 5.85. The monoisotopic (exact) mass is 302 g/mol. The van der Waals surface area contributed by atoms with E-state index in [1.807, 2.05) is 29.9 Å².